The lowest BCUT2D eigenvalue weighted by atomic mass is 9.65. The second-order valence-electron chi connectivity index (χ2n) is 8.97. The topological polar surface area (TPSA) is 73.6 Å². The smallest absolute Gasteiger partial charge is 0.223 e. The van der Waals surface area contributed by atoms with Crippen LogP contribution in [0.1, 0.15) is 56.1 Å². The Labute approximate surface area is 180 Å². The van der Waals surface area contributed by atoms with Crippen molar-refractivity contribution < 1.29 is 14.3 Å². The highest BCUT2D eigenvalue weighted by molar-refractivity contribution is 5.85. The zero-order chi connectivity index (χ0) is 19.5. The van der Waals surface area contributed by atoms with E-state index in [1.54, 1.807) is 0 Å². The normalized spacial score (nSPS) is 31.0. The molecule has 1 heterocycles. The summed E-state index contributed by atoms with van der Waals surface area (Å²) in [5.74, 6) is 2.19. The van der Waals surface area contributed by atoms with Gasteiger partial charge in [-0.3, -0.25) is 4.79 Å². The van der Waals surface area contributed by atoms with Gasteiger partial charge in [0.2, 0.25) is 5.91 Å². The quantitative estimate of drug-likeness (QED) is 0.732. The van der Waals surface area contributed by atoms with Gasteiger partial charge < -0.3 is 20.5 Å². The first-order valence-electron chi connectivity index (χ1n) is 11.0. The van der Waals surface area contributed by atoms with E-state index in [0.29, 0.717) is 31.0 Å². The Morgan fingerprint density at radius 2 is 1.97 bits per heavy atom. The minimum absolute atomic E-state index is 0. The standard InChI is InChI=1S/C23H34N2O3.ClH/c1-15-7-8-18(21(10-15)28-14-20-6-3-9-27-20)13-25-23(26)19-11-16-4-2-5-17(12-19)22(16)24;/h7-8,10,16-17,19-20,22H,2-6,9,11-14,24H2,1H3,(H,25,26);1H. The maximum Gasteiger partial charge on any atom is 0.223 e. The van der Waals surface area contributed by atoms with E-state index in [1.165, 1.54) is 19.3 Å². The summed E-state index contributed by atoms with van der Waals surface area (Å²) in [6, 6.07) is 6.49. The highest BCUT2D eigenvalue weighted by Crippen LogP contribution is 2.41. The van der Waals surface area contributed by atoms with Crippen molar-refractivity contribution in [2.75, 3.05) is 13.2 Å². The molecular weight excluding hydrogens is 388 g/mol. The van der Waals surface area contributed by atoms with Crippen molar-refractivity contribution in [3.63, 3.8) is 0 Å². The van der Waals surface area contributed by atoms with Crippen LogP contribution in [0.25, 0.3) is 0 Å². The summed E-state index contributed by atoms with van der Waals surface area (Å²) in [4.78, 5) is 12.8. The number of carbonyl (C=O) groups excluding carboxylic acids is 1. The molecule has 4 rings (SSSR count). The van der Waals surface area contributed by atoms with Gasteiger partial charge in [0.1, 0.15) is 12.4 Å². The largest absolute Gasteiger partial charge is 0.491 e. The Morgan fingerprint density at radius 1 is 1.21 bits per heavy atom. The summed E-state index contributed by atoms with van der Waals surface area (Å²) in [5.41, 5.74) is 8.56. The zero-order valence-electron chi connectivity index (χ0n) is 17.4. The number of aryl methyl sites for hydroxylation is 1. The Bertz CT molecular complexity index is 679. The van der Waals surface area contributed by atoms with Crippen LogP contribution in [-0.2, 0) is 16.1 Å². The molecule has 1 aliphatic heterocycles. The minimum atomic E-state index is 0. The van der Waals surface area contributed by atoms with Crippen molar-refractivity contribution >= 4 is 18.3 Å². The molecule has 3 aliphatic rings. The molecule has 1 saturated heterocycles. The van der Waals surface area contributed by atoms with Gasteiger partial charge in [0.15, 0.2) is 0 Å². The van der Waals surface area contributed by atoms with E-state index in [1.807, 2.05) is 0 Å². The molecule has 1 aromatic carbocycles. The molecule has 1 aromatic rings. The van der Waals surface area contributed by atoms with Crippen LogP contribution in [0.5, 0.6) is 5.75 Å². The van der Waals surface area contributed by atoms with Gasteiger partial charge in [-0.25, -0.2) is 0 Å². The second-order valence-corrected chi connectivity index (χ2v) is 8.97. The Balaban J connectivity index is 0.00000240. The third-order valence-corrected chi connectivity index (χ3v) is 6.91. The average molecular weight is 423 g/mol. The molecule has 3 N–H and O–H groups in total. The lowest BCUT2D eigenvalue weighted by molar-refractivity contribution is -0.128. The van der Waals surface area contributed by atoms with Gasteiger partial charge in [-0.15, -0.1) is 12.4 Å². The summed E-state index contributed by atoms with van der Waals surface area (Å²) in [6.07, 6.45) is 7.88. The van der Waals surface area contributed by atoms with Gasteiger partial charge in [0.05, 0.1) is 6.10 Å². The Hall–Kier alpha value is -1.30. The van der Waals surface area contributed by atoms with Gasteiger partial charge in [-0.05, 0) is 68.9 Å². The highest BCUT2D eigenvalue weighted by Gasteiger charge is 2.40. The molecule has 2 aliphatic carbocycles. The van der Waals surface area contributed by atoms with Gasteiger partial charge in [0.25, 0.3) is 0 Å². The first-order chi connectivity index (χ1) is 13.6. The fourth-order valence-corrected chi connectivity index (χ4v) is 5.23. The van der Waals surface area contributed by atoms with Gasteiger partial charge in [0, 0.05) is 30.7 Å². The van der Waals surface area contributed by atoms with Crippen molar-refractivity contribution in [1.82, 2.24) is 5.32 Å². The highest BCUT2D eigenvalue weighted by atomic mass is 35.5. The van der Waals surface area contributed by atoms with Crippen molar-refractivity contribution in [2.45, 2.75) is 70.6 Å². The number of hydrogen-bond acceptors (Lipinski definition) is 4. The second kappa shape index (κ2) is 10.1. The average Bonchev–Trinajstić information content (AvgIpc) is 3.18. The number of amides is 1. The predicted octanol–water partition coefficient (Wildman–Crippen LogP) is 3.74. The minimum Gasteiger partial charge on any atom is -0.491 e. The molecule has 0 aromatic heterocycles. The van der Waals surface area contributed by atoms with Crippen LogP contribution >= 0.6 is 12.4 Å². The van der Waals surface area contributed by atoms with E-state index in [2.05, 4.69) is 30.4 Å². The van der Waals surface area contributed by atoms with Crippen LogP contribution in [0.15, 0.2) is 18.2 Å². The first kappa shape index (κ1) is 22.4. The third kappa shape index (κ3) is 5.44. The number of carbonyl (C=O) groups is 1. The monoisotopic (exact) mass is 422 g/mol. The molecule has 6 heteroatoms. The van der Waals surface area contributed by atoms with E-state index >= 15 is 0 Å². The SMILES string of the molecule is Cc1ccc(CNC(=O)C2CC3CCCC(C2)C3N)c(OCC2CCCO2)c1.Cl. The van der Waals surface area contributed by atoms with E-state index in [0.717, 1.165) is 49.2 Å². The lowest BCUT2D eigenvalue weighted by Crippen LogP contribution is -2.49. The summed E-state index contributed by atoms with van der Waals surface area (Å²) >= 11 is 0. The molecule has 2 saturated carbocycles. The number of rotatable bonds is 6. The number of halogens is 1. The maximum absolute atomic E-state index is 12.8. The predicted molar refractivity (Wildman–Crippen MR) is 116 cm³/mol. The molecule has 0 spiro atoms. The fourth-order valence-electron chi connectivity index (χ4n) is 5.23. The van der Waals surface area contributed by atoms with Crippen LogP contribution in [-0.4, -0.2) is 31.3 Å². The van der Waals surface area contributed by atoms with E-state index in [4.69, 9.17) is 15.2 Å². The van der Waals surface area contributed by atoms with E-state index in [-0.39, 0.29) is 30.3 Å². The zero-order valence-corrected chi connectivity index (χ0v) is 18.2. The molecule has 5 nitrogen and oxygen atoms in total. The summed E-state index contributed by atoms with van der Waals surface area (Å²) < 4.78 is 11.7. The molecular formula is C23H35ClN2O3. The van der Waals surface area contributed by atoms with Crippen LogP contribution in [0.2, 0.25) is 0 Å². The number of nitrogens with one attached hydrogen (secondary N) is 1. The Morgan fingerprint density at radius 3 is 2.66 bits per heavy atom. The molecule has 3 fully saturated rings. The van der Waals surface area contributed by atoms with Crippen molar-refractivity contribution in [1.29, 1.82) is 0 Å². The van der Waals surface area contributed by atoms with Crippen LogP contribution in [0.3, 0.4) is 0 Å². The maximum atomic E-state index is 12.8. The van der Waals surface area contributed by atoms with Gasteiger partial charge in [-0.1, -0.05) is 18.6 Å². The molecule has 162 valence electrons. The molecule has 29 heavy (non-hydrogen) atoms. The van der Waals surface area contributed by atoms with Crippen molar-refractivity contribution in [3.05, 3.63) is 29.3 Å². The van der Waals surface area contributed by atoms with Crippen LogP contribution < -0.4 is 15.8 Å². The van der Waals surface area contributed by atoms with Gasteiger partial charge in [-0.2, -0.15) is 0 Å². The molecule has 3 atom stereocenters. The number of benzene rings is 1. The van der Waals surface area contributed by atoms with E-state index in [9.17, 15) is 4.79 Å². The van der Waals surface area contributed by atoms with Crippen molar-refractivity contribution in [2.24, 2.45) is 23.5 Å². The van der Waals surface area contributed by atoms with Crippen molar-refractivity contribution in [3.8, 4) is 5.75 Å². The molecule has 2 bridgehead atoms. The Kier molecular flexibility index (Phi) is 7.83. The number of fused-ring (bicyclic) bond motifs is 2. The fraction of sp³-hybridized carbons (Fsp3) is 0.696. The van der Waals surface area contributed by atoms with E-state index < -0.39 is 0 Å². The number of hydrogen-bond donors (Lipinski definition) is 2. The summed E-state index contributed by atoms with van der Waals surface area (Å²) in [6.45, 7) is 3.98. The number of ether oxygens (including phenoxy) is 2. The molecule has 3 unspecified atom stereocenters. The molecule has 0 radical (unpaired) electrons. The van der Waals surface area contributed by atoms with Crippen LogP contribution in [0, 0.1) is 24.7 Å². The number of nitrogens with two attached hydrogens (primary N) is 1. The lowest BCUT2D eigenvalue weighted by Gasteiger charge is -2.43. The summed E-state index contributed by atoms with van der Waals surface area (Å²) in [5, 5.41) is 3.17. The van der Waals surface area contributed by atoms with Gasteiger partial charge >= 0.3 is 0 Å². The third-order valence-electron chi connectivity index (χ3n) is 6.91. The molecule has 1 amide bonds. The first-order valence-corrected chi connectivity index (χ1v) is 11.0. The van der Waals surface area contributed by atoms with Crippen LogP contribution in [0.4, 0.5) is 0 Å². The summed E-state index contributed by atoms with van der Waals surface area (Å²) in [7, 11) is 0.